The van der Waals surface area contributed by atoms with E-state index in [4.69, 9.17) is 0 Å². The zero-order chi connectivity index (χ0) is 14.5. The van der Waals surface area contributed by atoms with Gasteiger partial charge in [0.05, 0.1) is 0 Å². The molecule has 3 saturated heterocycles. The Balaban J connectivity index is 1.37. The Morgan fingerprint density at radius 1 is 0.952 bits per heavy atom. The van der Waals surface area contributed by atoms with E-state index in [9.17, 15) is 4.79 Å². The van der Waals surface area contributed by atoms with Crippen LogP contribution in [0.2, 0.25) is 0 Å². The summed E-state index contributed by atoms with van der Waals surface area (Å²) in [7, 11) is 0. The normalized spacial score (nSPS) is 29.0. The minimum atomic E-state index is 0.406. The Kier molecular flexibility index (Phi) is 5.53. The molecular formula is C17H31N3O. The molecule has 4 heteroatoms. The van der Waals surface area contributed by atoms with E-state index in [0.717, 1.165) is 38.5 Å². The quantitative estimate of drug-likeness (QED) is 0.857. The molecular weight excluding hydrogens is 262 g/mol. The van der Waals surface area contributed by atoms with Gasteiger partial charge in [0.1, 0.15) is 0 Å². The van der Waals surface area contributed by atoms with Crippen LogP contribution in [0.3, 0.4) is 0 Å². The SMILES string of the molecule is O=C(CC1CCCNC1)N1CCC(CN2CCCC2)CC1. The van der Waals surface area contributed by atoms with E-state index in [1.54, 1.807) is 0 Å². The van der Waals surface area contributed by atoms with Crippen LogP contribution < -0.4 is 5.32 Å². The van der Waals surface area contributed by atoms with Gasteiger partial charge in [-0.05, 0) is 76.5 Å². The summed E-state index contributed by atoms with van der Waals surface area (Å²) in [6.07, 6.45) is 8.42. The number of piperidine rings is 2. The van der Waals surface area contributed by atoms with Crippen LogP contribution in [0.15, 0.2) is 0 Å². The molecule has 3 aliphatic heterocycles. The van der Waals surface area contributed by atoms with Crippen molar-refractivity contribution in [1.82, 2.24) is 15.1 Å². The number of hydrogen-bond acceptors (Lipinski definition) is 3. The third-order valence-corrected chi connectivity index (χ3v) is 5.54. The van der Waals surface area contributed by atoms with Gasteiger partial charge in [0.2, 0.25) is 5.91 Å². The van der Waals surface area contributed by atoms with Gasteiger partial charge in [0, 0.05) is 26.1 Å². The van der Waals surface area contributed by atoms with Crippen molar-refractivity contribution in [2.24, 2.45) is 11.8 Å². The minimum Gasteiger partial charge on any atom is -0.343 e. The average Bonchev–Trinajstić information content (AvgIpc) is 3.02. The van der Waals surface area contributed by atoms with Crippen molar-refractivity contribution in [2.45, 2.75) is 44.9 Å². The maximum absolute atomic E-state index is 12.4. The van der Waals surface area contributed by atoms with Gasteiger partial charge in [-0.3, -0.25) is 4.79 Å². The van der Waals surface area contributed by atoms with E-state index in [0.29, 0.717) is 11.8 Å². The van der Waals surface area contributed by atoms with Gasteiger partial charge in [-0.1, -0.05) is 0 Å². The van der Waals surface area contributed by atoms with Crippen LogP contribution >= 0.6 is 0 Å². The number of nitrogens with zero attached hydrogens (tertiary/aromatic N) is 2. The van der Waals surface area contributed by atoms with E-state index in [-0.39, 0.29) is 0 Å². The van der Waals surface area contributed by atoms with Gasteiger partial charge in [0.25, 0.3) is 0 Å². The second kappa shape index (κ2) is 7.59. The summed E-state index contributed by atoms with van der Waals surface area (Å²) >= 11 is 0. The lowest BCUT2D eigenvalue weighted by Gasteiger charge is -2.35. The first kappa shape index (κ1) is 15.3. The molecule has 0 saturated carbocycles. The number of likely N-dealkylation sites (tertiary alicyclic amines) is 2. The van der Waals surface area contributed by atoms with Crippen LogP contribution in [0.4, 0.5) is 0 Å². The highest BCUT2D eigenvalue weighted by Gasteiger charge is 2.26. The fourth-order valence-corrected chi connectivity index (χ4v) is 4.17. The van der Waals surface area contributed by atoms with Gasteiger partial charge in [0.15, 0.2) is 0 Å². The van der Waals surface area contributed by atoms with E-state index >= 15 is 0 Å². The molecule has 1 atom stereocenters. The van der Waals surface area contributed by atoms with Crippen molar-refractivity contribution in [2.75, 3.05) is 45.8 Å². The Hall–Kier alpha value is -0.610. The highest BCUT2D eigenvalue weighted by Crippen LogP contribution is 2.22. The molecule has 3 aliphatic rings. The molecule has 0 radical (unpaired) electrons. The Morgan fingerprint density at radius 3 is 2.38 bits per heavy atom. The molecule has 3 rings (SSSR count). The average molecular weight is 293 g/mol. The Labute approximate surface area is 129 Å². The summed E-state index contributed by atoms with van der Waals surface area (Å²) in [4.78, 5) is 17.2. The first-order chi connectivity index (χ1) is 10.3. The molecule has 0 bridgehead atoms. The smallest absolute Gasteiger partial charge is 0.222 e. The highest BCUT2D eigenvalue weighted by atomic mass is 16.2. The first-order valence-electron chi connectivity index (χ1n) is 9.02. The zero-order valence-electron chi connectivity index (χ0n) is 13.4. The van der Waals surface area contributed by atoms with E-state index in [1.165, 1.54) is 58.2 Å². The highest BCUT2D eigenvalue weighted by molar-refractivity contribution is 5.76. The van der Waals surface area contributed by atoms with Gasteiger partial charge in [-0.25, -0.2) is 0 Å². The van der Waals surface area contributed by atoms with Crippen molar-refractivity contribution in [3.05, 3.63) is 0 Å². The largest absolute Gasteiger partial charge is 0.343 e. The summed E-state index contributed by atoms with van der Waals surface area (Å²) in [6.45, 7) is 8.04. The number of carbonyl (C=O) groups is 1. The molecule has 0 spiro atoms. The lowest BCUT2D eigenvalue weighted by atomic mass is 9.93. The molecule has 0 aromatic carbocycles. The predicted octanol–water partition coefficient (Wildman–Crippen LogP) is 1.71. The van der Waals surface area contributed by atoms with Crippen molar-refractivity contribution >= 4 is 5.91 Å². The predicted molar refractivity (Wildman–Crippen MR) is 85.2 cm³/mol. The monoisotopic (exact) mass is 293 g/mol. The van der Waals surface area contributed by atoms with Gasteiger partial charge < -0.3 is 15.1 Å². The van der Waals surface area contributed by atoms with Crippen molar-refractivity contribution in [3.8, 4) is 0 Å². The lowest BCUT2D eigenvalue weighted by Crippen LogP contribution is -2.42. The fraction of sp³-hybridized carbons (Fsp3) is 0.941. The molecule has 0 aliphatic carbocycles. The number of carbonyl (C=O) groups excluding carboxylic acids is 1. The number of hydrogen-bond donors (Lipinski definition) is 1. The molecule has 4 nitrogen and oxygen atoms in total. The van der Waals surface area contributed by atoms with Crippen LogP contribution in [0, 0.1) is 11.8 Å². The second-order valence-corrected chi connectivity index (χ2v) is 7.25. The van der Waals surface area contributed by atoms with Gasteiger partial charge in [-0.2, -0.15) is 0 Å². The molecule has 3 fully saturated rings. The summed E-state index contributed by atoms with van der Waals surface area (Å²) < 4.78 is 0. The van der Waals surface area contributed by atoms with Crippen molar-refractivity contribution in [1.29, 1.82) is 0 Å². The van der Waals surface area contributed by atoms with E-state index in [2.05, 4.69) is 15.1 Å². The van der Waals surface area contributed by atoms with Crippen molar-refractivity contribution < 1.29 is 4.79 Å². The molecule has 1 unspecified atom stereocenters. The number of nitrogens with one attached hydrogen (secondary N) is 1. The molecule has 3 heterocycles. The van der Waals surface area contributed by atoms with E-state index in [1.807, 2.05) is 0 Å². The van der Waals surface area contributed by atoms with Crippen LogP contribution in [0.5, 0.6) is 0 Å². The third kappa shape index (κ3) is 4.43. The zero-order valence-corrected chi connectivity index (χ0v) is 13.4. The lowest BCUT2D eigenvalue weighted by molar-refractivity contribution is -0.133. The van der Waals surface area contributed by atoms with Gasteiger partial charge in [-0.15, -0.1) is 0 Å². The van der Waals surface area contributed by atoms with Crippen molar-refractivity contribution in [3.63, 3.8) is 0 Å². The molecule has 1 amide bonds. The summed E-state index contributed by atoms with van der Waals surface area (Å²) in [6, 6.07) is 0. The second-order valence-electron chi connectivity index (χ2n) is 7.25. The maximum atomic E-state index is 12.4. The van der Waals surface area contributed by atoms with Crippen LogP contribution in [-0.2, 0) is 4.79 Å². The third-order valence-electron chi connectivity index (χ3n) is 5.54. The fourth-order valence-electron chi connectivity index (χ4n) is 4.17. The van der Waals surface area contributed by atoms with Crippen LogP contribution in [0.1, 0.15) is 44.9 Å². The van der Waals surface area contributed by atoms with Crippen LogP contribution in [-0.4, -0.2) is 61.5 Å². The molecule has 0 aromatic rings. The minimum absolute atomic E-state index is 0.406. The number of amides is 1. The Bertz CT molecular complexity index is 327. The first-order valence-corrected chi connectivity index (χ1v) is 9.02. The molecule has 1 N–H and O–H groups in total. The molecule has 0 aromatic heterocycles. The summed E-state index contributed by atoms with van der Waals surface area (Å²) in [5.41, 5.74) is 0. The van der Waals surface area contributed by atoms with Crippen LogP contribution in [0.25, 0.3) is 0 Å². The molecule has 120 valence electrons. The Morgan fingerprint density at radius 2 is 1.71 bits per heavy atom. The summed E-state index contributed by atoms with van der Waals surface area (Å²) in [5.74, 6) is 1.81. The molecule has 21 heavy (non-hydrogen) atoms. The van der Waals surface area contributed by atoms with Gasteiger partial charge >= 0.3 is 0 Å². The van der Waals surface area contributed by atoms with E-state index < -0.39 is 0 Å². The topological polar surface area (TPSA) is 35.6 Å². The number of rotatable bonds is 4. The summed E-state index contributed by atoms with van der Waals surface area (Å²) in [5, 5.41) is 3.41. The standard InChI is InChI=1S/C17H31N3O/c21-17(12-16-4-3-7-18-13-16)20-10-5-15(6-11-20)14-19-8-1-2-9-19/h15-16,18H,1-14H2. The maximum Gasteiger partial charge on any atom is 0.222 e.